The number of nitrogens with one attached hydrogen (secondary N) is 1. The summed E-state index contributed by atoms with van der Waals surface area (Å²) in [4.78, 5) is 18.4. The second-order valence-corrected chi connectivity index (χ2v) is 7.86. The maximum absolute atomic E-state index is 11.1. The molecule has 3 aromatic rings. The van der Waals surface area contributed by atoms with Crippen molar-refractivity contribution in [1.29, 1.82) is 0 Å². The van der Waals surface area contributed by atoms with Crippen LogP contribution in [0, 0.1) is 5.92 Å². The standard InChI is InChI=1S/C18H18ClN3O2S/c19-13-3-4-16-20-17(15-2-1-9-25-15)14(22(16)10-13)11-21-7-5-12(6-8-21)18(23)24/h1-4,9-10,12H,5-8,11H2,(H,23,24). The van der Waals surface area contributed by atoms with E-state index in [1.54, 1.807) is 11.3 Å². The third kappa shape index (κ3) is 3.29. The molecule has 4 rings (SSSR count). The number of carboxylic acid groups (broad SMARTS) is 1. The van der Waals surface area contributed by atoms with Crippen LogP contribution in [-0.2, 0) is 11.3 Å². The van der Waals surface area contributed by atoms with Gasteiger partial charge in [-0.25, -0.2) is 4.98 Å². The first kappa shape index (κ1) is 16.6. The largest absolute Gasteiger partial charge is 0.550 e. The minimum Gasteiger partial charge on any atom is -0.550 e. The lowest BCUT2D eigenvalue weighted by Crippen LogP contribution is -3.12. The minimum absolute atomic E-state index is 0.308. The van der Waals surface area contributed by atoms with Crippen LogP contribution in [0.2, 0.25) is 5.02 Å². The number of aliphatic carboxylic acids is 1. The van der Waals surface area contributed by atoms with Crippen LogP contribution in [0.1, 0.15) is 18.5 Å². The number of aromatic nitrogens is 2. The number of thiophene rings is 1. The number of fused-ring (bicyclic) bond motifs is 1. The highest BCUT2D eigenvalue weighted by atomic mass is 35.5. The highest BCUT2D eigenvalue weighted by molar-refractivity contribution is 7.13. The van der Waals surface area contributed by atoms with Gasteiger partial charge in [-0.2, -0.15) is 0 Å². The highest BCUT2D eigenvalue weighted by Crippen LogP contribution is 2.29. The summed E-state index contributed by atoms with van der Waals surface area (Å²) >= 11 is 7.87. The van der Waals surface area contributed by atoms with E-state index < -0.39 is 5.97 Å². The van der Waals surface area contributed by atoms with Crippen molar-refractivity contribution in [2.45, 2.75) is 19.4 Å². The number of quaternary nitrogens is 1. The lowest BCUT2D eigenvalue weighted by Gasteiger charge is -2.29. The number of hydrogen-bond donors (Lipinski definition) is 1. The number of pyridine rings is 1. The lowest BCUT2D eigenvalue weighted by atomic mass is 9.97. The molecule has 3 aromatic heterocycles. The average molecular weight is 376 g/mol. The van der Waals surface area contributed by atoms with Crippen LogP contribution < -0.4 is 10.0 Å². The predicted molar refractivity (Wildman–Crippen MR) is 95.6 cm³/mol. The van der Waals surface area contributed by atoms with Crippen molar-refractivity contribution in [1.82, 2.24) is 9.38 Å². The van der Waals surface area contributed by atoms with Crippen molar-refractivity contribution < 1.29 is 14.8 Å². The molecule has 0 bridgehead atoms. The number of carbonyl (C=O) groups is 1. The van der Waals surface area contributed by atoms with E-state index in [0.29, 0.717) is 17.9 Å². The Balaban J connectivity index is 1.67. The second-order valence-electron chi connectivity index (χ2n) is 6.48. The summed E-state index contributed by atoms with van der Waals surface area (Å²) in [6, 6.07) is 7.89. The van der Waals surface area contributed by atoms with E-state index in [4.69, 9.17) is 16.6 Å². The zero-order valence-electron chi connectivity index (χ0n) is 13.6. The molecule has 1 N–H and O–H groups in total. The Kier molecular flexibility index (Phi) is 4.50. The molecule has 1 saturated heterocycles. The van der Waals surface area contributed by atoms with E-state index >= 15 is 0 Å². The molecule has 130 valence electrons. The fourth-order valence-corrected chi connectivity index (χ4v) is 4.42. The summed E-state index contributed by atoms with van der Waals surface area (Å²) in [6.07, 6.45) is 3.25. The van der Waals surface area contributed by atoms with Crippen molar-refractivity contribution >= 4 is 34.6 Å². The van der Waals surface area contributed by atoms with Crippen LogP contribution in [0.4, 0.5) is 0 Å². The first-order valence-corrected chi connectivity index (χ1v) is 9.62. The molecule has 0 atom stereocenters. The zero-order valence-corrected chi connectivity index (χ0v) is 15.1. The molecule has 0 aromatic carbocycles. The maximum Gasteiger partial charge on any atom is 0.137 e. The van der Waals surface area contributed by atoms with Gasteiger partial charge in [0.1, 0.15) is 23.6 Å². The molecular weight excluding hydrogens is 358 g/mol. The molecule has 7 heteroatoms. The number of carboxylic acids is 1. The molecule has 4 heterocycles. The zero-order chi connectivity index (χ0) is 17.4. The van der Waals surface area contributed by atoms with Gasteiger partial charge in [-0.1, -0.05) is 17.7 Å². The molecule has 0 aliphatic carbocycles. The Hall–Kier alpha value is -1.89. The number of imidazole rings is 1. The van der Waals surface area contributed by atoms with Crippen molar-refractivity contribution in [3.05, 3.63) is 46.6 Å². The first-order chi connectivity index (χ1) is 12.1. The molecular formula is C18H18ClN3O2S. The van der Waals surface area contributed by atoms with Crippen molar-refractivity contribution in [3.8, 4) is 10.6 Å². The first-order valence-electron chi connectivity index (χ1n) is 8.36. The fraction of sp³-hybridized carbons (Fsp3) is 0.333. The molecule has 0 radical (unpaired) electrons. The predicted octanol–water partition coefficient (Wildman–Crippen LogP) is 1.26. The van der Waals surface area contributed by atoms with Crippen molar-refractivity contribution in [2.24, 2.45) is 5.92 Å². The van der Waals surface area contributed by atoms with Gasteiger partial charge in [0.15, 0.2) is 0 Å². The third-order valence-electron chi connectivity index (χ3n) is 4.88. The van der Waals surface area contributed by atoms with Gasteiger partial charge in [0.2, 0.25) is 0 Å². The van der Waals surface area contributed by atoms with Crippen LogP contribution in [0.5, 0.6) is 0 Å². The molecule has 0 spiro atoms. The Morgan fingerprint density at radius 3 is 2.84 bits per heavy atom. The number of rotatable bonds is 4. The normalized spacial score (nSPS) is 20.8. The number of likely N-dealkylation sites (tertiary alicyclic amines) is 1. The number of nitrogens with zero attached hydrogens (tertiary/aromatic N) is 2. The molecule has 0 saturated carbocycles. The summed E-state index contributed by atoms with van der Waals surface area (Å²) < 4.78 is 2.06. The van der Waals surface area contributed by atoms with Crippen LogP contribution in [0.25, 0.3) is 16.2 Å². The Labute approximate surface area is 154 Å². The summed E-state index contributed by atoms with van der Waals surface area (Å²) in [6.45, 7) is 2.46. The van der Waals surface area contributed by atoms with Gasteiger partial charge >= 0.3 is 0 Å². The SMILES string of the molecule is O=C([O-])C1CC[NH+](Cc2c(-c3cccs3)nc3ccc(Cl)cn23)CC1. The number of carbonyl (C=O) groups excluding carboxylic acids is 1. The Morgan fingerprint density at radius 1 is 1.36 bits per heavy atom. The van der Waals surface area contributed by atoms with E-state index in [0.717, 1.165) is 41.5 Å². The molecule has 0 unspecified atom stereocenters. The second kappa shape index (κ2) is 6.78. The molecule has 5 nitrogen and oxygen atoms in total. The van der Waals surface area contributed by atoms with Gasteiger partial charge in [0.25, 0.3) is 0 Å². The summed E-state index contributed by atoms with van der Waals surface area (Å²) in [5.74, 6) is -1.22. The molecule has 1 fully saturated rings. The minimum atomic E-state index is -0.917. The van der Waals surface area contributed by atoms with Crippen LogP contribution >= 0.6 is 22.9 Å². The van der Waals surface area contributed by atoms with Crippen LogP contribution in [0.3, 0.4) is 0 Å². The highest BCUT2D eigenvalue weighted by Gasteiger charge is 2.26. The van der Waals surface area contributed by atoms with E-state index in [-0.39, 0.29) is 5.92 Å². The average Bonchev–Trinajstić information content (AvgIpc) is 3.24. The van der Waals surface area contributed by atoms with E-state index in [1.165, 1.54) is 4.90 Å². The smallest absolute Gasteiger partial charge is 0.137 e. The van der Waals surface area contributed by atoms with Gasteiger partial charge < -0.3 is 14.8 Å². The van der Waals surface area contributed by atoms with E-state index in [1.807, 2.05) is 29.8 Å². The number of halogens is 1. The van der Waals surface area contributed by atoms with Gasteiger partial charge in [0, 0.05) is 30.9 Å². The van der Waals surface area contributed by atoms with Crippen molar-refractivity contribution in [2.75, 3.05) is 13.1 Å². The van der Waals surface area contributed by atoms with Gasteiger partial charge in [-0.15, -0.1) is 11.3 Å². The van der Waals surface area contributed by atoms with Crippen LogP contribution in [-0.4, -0.2) is 28.4 Å². The number of piperidine rings is 1. The summed E-state index contributed by atoms with van der Waals surface area (Å²) in [7, 11) is 0. The summed E-state index contributed by atoms with van der Waals surface area (Å²) in [5.41, 5.74) is 3.00. The Morgan fingerprint density at radius 2 is 2.16 bits per heavy atom. The third-order valence-corrected chi connectivity index (χ3v) is 5.98. The fourth-order valence-electron chi connectivity index (χ4n) is 3.52. The van der Waals surface area contributed by atoms with Crippen LogP contribution in [0.15, 0.2) is 35.8 Å². The maximum atomic E-state index is 11.1. The lowest BCUT2D eigenvalue weighted by molar-refractivity contribution is -0.919. The monoisotopic (exact) mass is 375 g/mol. The topological polar surface area (TPSA) is 61.9 Å². The van der Waals surface area contributed by atoms with Crippen molar-refractivity contribution in [3.63, 3.8) is 0 Å². The summed E-state index contributed by atoms with van der Waals surface area (Å²) in [5, 5.41) is 13.8. The van der Waals surface area contributed by atoms with Gasteiger partial charge in [-0.05, 0) is 23.6 Å². The quantitative estimate of drug-likeness (QED) is 0.746. The molecule has 1 aliphatic rings. The van der Waals surface area contributed by atoms with E-state index in [9.17, 15) is 9.90 Å². The van der Waals surface area contributed by atoms with E-state index in [2.05, 4.69) is 10.5 Å². The molecule has 0 amide bonds. The Bertz CT molecular complexity index is 899. The molecule has 1 aliphatic heterocycles. The van der Waals surface area contributed by atoms with Gasteiger partial charge in [0.05, 0.1) is 23.0 Å². The molecule has 25 heavy (non-hydrogen) atoms. The number of hydrogen-bond acceptors (Lipinski definition) is 4. The van der Waals surface area contributed by atoms with Gasteiger partial charge in [-0.3, -0.25) is 4.40 Å².